The molecule has 2 aliphatic heterocycles. The van der Waals surface area contributed by atoms with Gasteiger partial charge >= 0.3 is 5.97 Å². The number of carboxylic acid groups (broad SMARTS) is 1. The smallest absolute Gasteiger partial charge is 0.320 e. The topological polar surface area (TPSA) is 91.7 Å². The maximum Gasteiger partial charge on any atom is 0.320 e. The number of nitrogens with zero attached hydrogens (tertiary/aromatic N) is 2. The normalized spacial score (nSPS) is 23.2. The largest absolute Gasteiger partial charge is 0.488 e. The summed E-state index contributed by atoms with van der Waals surface area (Å²) >= 11 is 7.03. The number of aliphatic hydroxyl groups excluding tert-OH is 1. The molecule has 0 spiro atoms. The molecule has 9 heteroatoms. The fraction of sp³-hybridized carbons (Fsp3) is 0.477. The fourth-order valence-electron chi connectivity index (χ4n) is 7.94. The van der Waals surface area contributed by atoms with Gasteiger partial charge in [0.1, 0.15) is 36.4 Å². The molecular weight excluding hydrogens is 688 g/mol. The number of β-amino-alcohol motifs (C(OH)–C–C–N with tert-alkyl or cyclic N) is 1. The Morgan fingerprint density at radius 3 is 2.51 bits per heavy atom. The third-order valence-electron chi connectivity index (χ3n) is 11.5. The molecule has 2 saturated heterocycles. The van der Waals surface area contributed by atoms with Gasteiger partial charge in [0, 0.05) is 49.8 Å². The standard InChI is InChI=1S/C44H55ClN2O6/c1-31-16-17-33(24-32(31)2)29-51-40-26-41(38(45)25-35(40)27-47-21-9-8-15-39(47)42(49)50)52-30-44(53-23-11-20-46-22-18-36(48)28-46)19-10-14-37(43(44,3)4)34-12-6-5-7-13-34/h5-7,10,12-14,16-17,19,24-26,36,39,48H,8-9,11,15,18,20-23,27-30H2,1-4H3,(H,49,50)/t36-,39+,44?/m1/s1. The molecule has 1 unspecified atom stereocenters. The van der Waals surface area contributed by atoms with E-state index in [0.29, 0.717) is 55.8 Å². The number of carboxylic acids is 1. The van der Waals surface area contributed by atoms with Crippen molar-refractivity contribution < 1.29 is 29.2 Å². The molecule has 0 aromatic heterocycles. The van der Waals surface area contributed by atoms with Gasteiger partial charge in [0.15, 0.2) is 0 Å². The van der Waals surface area contributed by atoms with E-state index < -0.39 is 23.0 Å². The molecule has 3 atom stereocenters. The second-order valence-electron chi connectivity index (χ2n) is 15.5. The highest BCUT2D eigenvalue weighted by atomic mass is 35.5. The number of piperidine rings is 1. The van der Waals surface area contributed by atoms with Crippen LogP contribution in [0.5, 0.6) is 11.5 Å². The highest BCUT2D eigenvalue weighted by molar-refractivity contribution is 6.32. The van der Waals surface area contributed by atoms with Gasteiger partial charge in [-0.1, -0.05) is 92.6 Å². The minimum atomic E-state index is -0.831. The first-order chi connectivity index (χ1) is 25.5. The average Bonchev–Trinajstić information content (AvgIpc) is 3.56. The van der Waals surface area contributed by atoms with Gasteiger partial charge in [-0.25, -0.2) is 0 Å². The van der Waals surface area contributed by atoms with Crippen molar-refractivity contribution >= 4 is 23.1 Å². The molecule has 2 heterocycles. The molecule has 3 aromatic carbocycles. The predicted molar refractivity (Wildman–Crippen MR) is 211 cm³/mol. The van der Waals surface area contributed by atoms with E-state index in [9.17, 15) is 15.0 Å². The number of carbonyl (C=O) groups is 1. The molecular formula is C44H55ClN2O6. The molecule has 0 bridgehead atoms. The van der Waals surface area contributed by atoms with Gasteiger partial charge in [-0.05, 0) is 86.0 Å². The lowest BCUT2D eigenvalue weighted by Crippen LogP contribution is -2.52. The summed E-state index contributed by atoms with van der Waals surface area (Å²) in [6.45, 7) is 13.2. The molecule has 3 aliphatic rings. The third-order valence-corrected chi connectivity index (χ3v) is 11.8. The van der Waals surface area contributed by atoms with Crippen LogP contribution in [0.25, 0.3) is 5.57 Å². The first kappa shape index (κ1) is 39.0. The van der Waals surface area contributed by atoms with E-state index in [1.54, 1.807) is 0 Å². The Bertz CT molecular complexity index is 1790. The summed E-state index contributed by atoms with van der Waals surface area (Å²) in [6.07, 6.45) is 10.2. The van der Waals surface area contributed by atoms with Crippen molar-refractivity contribution in [3.63, 3.8) is 0 Å². The van der Waals surface area contributed by atoms with Gasteiger partial charge in [-0.15, -0.1) is 0 Å². The van der Waals surface area contributed by atoms with Gasteiger partial charge in [-0.2, -0.15) is 0 Å². The van der Waals surface area contributed by atoms with Crippen LogP contribution in [0, 0.1) is 19.3 Å². The number of likely N-dealkylation sites (tertiary alicyclic amines) is 2. The average molecular weight is 743 g/mol. The summed E-state index contributed by atoms with van der Waals surface area (Å²) in [5, 5.41) is 20.5. The van der Waals surface area contributed by atoms with Gasteiger partial charge in [0.05, 0.1) is 11.1 Å². The Kier molecular flexibility index (Phi) is 12.7. The molecule has 0 amide bonds. The summed E-state index contributed by atoms with van der Waals surface area (Å²) in [5.74, 6) is 0.292. The highest BCUT2D eigenvalue weighted by Crippen LogP contribution is 2.49. The lowest BCUT2D eigenvalue weighted by atomic mass is 9.65. The Labute approximate surface area is 320 Å². The second kappa shape index (κ2) is 17.2. The zero-order chi connectivity index (χ0) is 37.6. The quantitative estimate of drug-likeness (QED) is 0.151. The van der Waals surface area contributed by atoms with Gasteiger partial charge in [0.25, 0.3) is 0 Å². The van der Waals surface area contributed by atoms with Crippen molar-refractivity contribution in [1.82, 2.24) is 9.80 Å². The fourth-order valence-corrected chi connectivity index (χ4v) is 8.18. The first-order valence-electron chi connectivity index (χ1n) is 19.1. The van der Waals surface area contributed by atoms with E-state index in [4.69, 9.17) is 25.8 Å². The Balaban J connectivity index is 1.28. The molecule has 1 aliphatic carbocycles. The number of aliphatic hydroxyl groups is 1. The van der Waals surface area contributed by atoms with Gasteiger partial charge in [-0.3, -0.25) is 9.69 Å². The van der Waals surface area contributed by atoms with Gasteiger partial charge < -0.3 is 29.3 Å². The Morgan fingerprint density at radius 2 is 1.77 bits per heavy atom. The zero-order valence-electron chi connectivity index (χ0n) is 31.7. The third kappa shape index (κ3) is 9.18. The molecule has 6 rings (SSSR count). The Morgan fingerprint density at radius 1 is 0.962 bits per heavy atom. The number of aryl methyl sites for hydroxylation is 2. The maximum atomic E-state index is 12.2. The molecule has 284 valence electrons. The SMILES string of the molecule is Cc1ccc(COc2cc(OCC3(OCCCN4CC[C@@H](O)C4)C=CC=C(c4ccccc4)C3(C)C)c(Cl)cc2CN2CCCC[C@H]2C(=O)O)cc1C. The number of benzene rings is 3. The van der Waals surface area contributed by atoms with Crippen LogP contribution in [0.15, 0.2) is 78.9 Å². The van der Waals surface area contributed by atoms with E-state index >= 15 is 0 Å². The molecule has 2 N–H and O–H groups in total. The number of aliphatic carboxylic acids is 1. The number of allylic oxidation sites excluding steroid dienone is 2. The van der Waals surface area contributed by atoms with Crippen LogP contribution in [0.3, 0.4) is 0 Å². The van der Waals surface area contributed by atoms with Crippen LogP contribution < -0.4 is 9.47 Å². The number of ether oxygens (including phenoxy) is 3. The van der Waals surface area contributed by atoms with Crippen LogP contribution in [-0.2, 0) is 22.7 Å². The summed E-state index contributed by atoms with van der Waals surface area (Å²) in [6, 6.07) is 19.9. The molecule has 3 aromatic rings. The predicted octanol–water partition coefficient (Wildman–Crippen LogP) is 8.25. The van der Waals surface area contributed by atoms with Crippen LogP contribution in [0.4, 0.5) is 0 Å². The summed E-state index contributed by atoms with van der Waals surface area (Å²) < 4.78 is 20.2. The van der Waals surface area contributed by atoms with Crippen LogP contribution in [0.1, 0.15) is 73.8 Å². The summed E-state index contributed by atoms with van der Waals surface area (Å²) in [7, 11) is 0. The van der Waals surface area contributed by atoms with Gasteiger partial charge in [0.2, 0.25) is 0 Å². The molecule has 2 fully saturated rings. The molecule has 0 saturated carbocycles. The van der Waals surface area contributed by atoms with E-state index in [1.165, 1.54) is 11.1 Å². The number of rotatable bonds is 15. The number of halogens is 1. The highest BCUT2D eigenvalue weighted by Gasteiger charge is 2.49. The summed E-state index contributed by atoms with van der Waals surface area (Å²) in [5.41, 5.74) is 5.25. The van der Waals surface area contributed by atoms with E-state index in [2.05, 4.69) is 93.3 Å². The van der Waals surface area contributed by atoms with Crippen molar-refractivity contribution in [3.8, 4) is 11.5 Å². The first-order valence-corrected chi connectivity index (χ1v) is 19.4. The van der Waals surface area contributed by atoms with E-state index in [1.807, 2.05) is 23.1 Å². The minimum Gasteiger partial charge on any atom is -0.488 e. The van der Waals surface area contributed by atoms with Crippen LogP contribution >= 0.6 is 11.6 Å². The number of hydrogen-bond acceptors (Lipinski definition) is 7. The Hall–Kier alpha value is -3.66. The lowest BCUT2D eigenvalue weighted by Gasteiger charge is -2.47. The van der Waals surface area contributed by atoms with Crippen molar-refractivity contribution in [2.45, 2.75) is 90.7 Å². The number of hydrogen-bond donors (Lipinski definition) is 2. The second-order valence-corrected chi connectivity index (χ2v) is 15.9. The van der Waals surface area contributed by atoms with Crippen molar-refractivity contribution in [3.05, 3.63) is 112 Å². The van der Waals surface area contributed by atoms with Crippen LogP contribution in [0.2, 0.25) is 5.02 Å². The van der Waals surface area contributed by atoms with E-state index in [0.717, 1.165) is 61.0 Å². The molecule has 53 heavy (non-hydrogen) atoms. The van der Waals surface area contributed by atoms with Crippen molar-refractivity contribution in [2.24, 2.45) is 5.41 Å². The molecule has 0 radical (unpaired) electrons. The van der Waals surface area contributed by atoms with E-state index in [-0.39, 0.29) is 12.7 Å². The van der Waals surface area contributed by atoms with Crippen LogP contribution in [-0.4, -0.2) is 83.1 Å². The van der Waals surface area contributed by atoms with Crippen molar-refractivity contribution in [1.29, 1.82) is 0 Å². The molecule has 8 nitrogen and oxygen atoms in total. The minimum absolute atomic E-state index is 0.200. The lowest BCUT2D eigenvalue weighted by molar-refractivity contribution is -0.144. The van der Waals surface area contributed by atoms with Crippen molar-refractivity contribution in [2.75, 3.05) is 39.4 Å². The maximum absolute atomic E-state index is 12.2. The summed E-state index contributed by atoms with van der Waals surface area (Å²) in [4.78, 5) is 16.5. The zero-order valence-corrected chi connectivity index (χ0v) is 32.4. The monoisotopic (exact) mass is 742 g/mol.